The summed E-state index contributed by atoms with van der Waals surface area (Å²) in [6.45, 7) is 3.53. The summed E-state index contributed by atoms with van der Waals surface area (Å²) in [6, 6.07) is 3.96. The third kappa shape index (κ3) is 1.94. The zero-order valence-electron chi connectivity index (χ0n) is 12.0. The van der Waals surface area contributed by atoms with Crippen LogP contribution in [0.1, 0.15) is 22.8 Å². The molecule has 5 nitrogen and oxygen atoms in total. The van der Waals surface area contributed by atoms with Crippen molar-refractivity contribution in [2.24, 2.45) is 7.05 Å². The SMILES string of the molecule is CCOC(=O)c1cn(C)c2ccc3c(c12)CN(C)CO3. The lowest BCUT2D eigenvalue weighted by Crippen LogP contribution is -2.28. The van der Waals surface area contributed by atoms with Gasteiger partial charge in [-0.3, -0.25) is 4.90 Å². The Morgan fingerprint density at radius 2 is 2.20 bits per heavy atom. The van der Waals surface area contributed by atoms with Crippen LogP contribution in [0.4, 0.5) is 0 Å². The molecule has 3 rings (SSSR count). The fraction of sp³-hybridized carbons (Fsp3) is 0.400. The molecule has 20 heavy (non-hydrogen) atoms. The number of carbonyl (C=O) groups is 1. The molecule has 1 aromatic heterocycles. The molecule has 0 atom stereocenters. The van der Waals surface area contributed by atoms with E-state index in [0.29, 0.717) is 18.9 Å². The molecular weight excluding hydrogens is 256 g/mol. The molecule has 1 aliphatic heterocycles. The molecular formula is C15H18N2O3. The molecule has 1 aromatic carbocycles. The monoisotopic (exact) mass is 274 g/mol. The van der Waals surface area contributed by atoms with Crippen LogP contribution < -0.4 is 4.74 Å². The summed E-state index contributed by atoms with van der Waals surface area (Å²) < 4.78 is 12.8. The fourth-order valence-corrected chi connectivity index (χ4v) is 2.69. The van der Waals surface area contributed by atoms with Crippen LogP contribution in [0.25, 0.3) is 10.9 Å². The minimum absolute atomic E-state index is 0.278. The Hall–Kier alpha value is -2.01. The minimum atomic E-state index is -0.278. The van der Waals surface area contributed by atoms with Crippen LogP contribution in [0.3, 0.4) is 0 Å². The summed E-state index contributed by atoms with van der Waals surface area (Å²) in [7, 11) is 3.93. The Morgan fingerprint density at radius 1 is 1.40 bits per heavy atom. The second-order valence-corrected chi connectivity index (χ2v) is 5.10. The van der Waals surface area contributed by atoms with Crippen LogP contribution in [-0.2, 0) is 18.3 Å². The number of benzene rings is 1. The maximum absolute atomic E-state index is 12.1. The molecule has 2 aromatic rings. The Kier molecular flexibility index (Phi) is 3.14. The zero-order valence-corrected chi connectivity index (χ0v) is 12.0. The van der Waals surface area contributed by atoms with Crippen LogP contribution in [0.2, 0.25) is 0 Å². The molecule has 0 bridgehead atoms. The number of aromatic nitrogens is 1. The molecule has 106 valence electrons. The fourth-order valence-electron chi connectivity index (χ4n) is 2.69. The molecule has 0 fully saturated rings. The van der Waals surface area contributed by atoms with Gasteiger partial charge in [0.1, 0.15) is 12.5 Å². The number of nitrogens with zero attached hydrogens (tertiary/aromatic N) is 2. The van der Waals surface area contributed by atoms with Crippen molar-refractivity contribution in [1.29, 1.82) is 0 Å². The topological polar surface area (TPSA) is 43.7 Å². The summed E-state index contributed by atoms with van der Waals surface area (Å²) in [6.07, 6.45) is 1.83. The van der Waals surface area contributed by atoms with E-state index in [9.17, 15) is 4.79 Å². The quantitative estimate of drug-likeness (QED) is 0.787. The summed E-state index contributed by atoms with van der Waals surface area (Å²) >= 11 is 0. The van der Waals surface area contributed by atoms with E-state index in [1.54, 1.807) is 0 Å². The van der Waals surface area contributed by atoms with Gasteiger partial charge >= 0.3 is 5.97 Å². The van der Waals surface area contributed by atoms with Gasteiger partial charge in [0.2, 0.25) is 0 Å². The lowest BCUT2D eigenvalue weighted by Gasteiger charge is -2.26. The van der Waals surface area contributed by atoms with Crippen molar-refractivity contribution in [2.45, 2.75) is 13.5 Å². The van der Waals surface area contributed by atoms with Crippen molar-refractivity contribution < 1.29 is 14.3 Å². The van der Waals surface area contributed by atoms with Crippen LogP contribution in [0, 0.1) is 0 Å². The van der Waals surface area contributed by atoms with Gasteiger partial charge in [0, 0.05) is 36.3 Å². The molecule has 0 amide bonds. The predicted octanol–water partition coefficient (Wildman–Crippen LogP) is 2.14. The average molecular weight is 274 g/mol. The van der Waals surface area contributed by atoms with Gasteiger partial charge in [-0.1, -0.05) is 0 Å². The van der Waals surface area contributed by atoms with Crippen LogP contribution in [0.15, 0.2) is 18.3 Å². The lowest BCUT2D eigenvalue weighted by molar-refractivity contribution is 0.0528. The standard InChI is InChI=1S/C15H18N2O3/c1-4-19-15(18)11-8-17(3)12-5-6-13-10(14(11)12)7-16(2)9-20-13/h5-6,8H,4,7,9H2,1-3H3. The van der Waals surface area contributed by atoms with E-state index in [0.717, 1.165) is 28.8 Å². The lowest BCUT2D eigenvalue weighted by atomic mass is 10.0. The molecule has 0 saturated carbocycles. The first-order valence-corrected chi connectivity index (χ1v) is 6.71. The molecule has 2 heterocycles. The van der Waals surface area contributed by atoms with E-state index < -0.39 is 0 Å². The average Bonchev–Trinajstić information content (AvgIpc) is 2.77. The molecule has 1 aliphatic rings. The van der Waals surface area contributed by atoms with E-state index in [2.05, 4.69) is 4.90 Å². The highest BCUT2D eigenvalue weighted by atomic mass is 16.5. The van der Waals surface area contributed by atoms with Crippen molar-refractivity contribution in [3.63, 3.8) is 0 Å². The molecule has 0 spiro atoms. The zero-order chi connectivity index (χ0) is 14.3. The highest BCUT2D eigenvalue weighted by Crippen LogP contribution is 2.34. The maximum Gasteiger partial charge on any atom is 0.340 e. The Morgan fingerprint density at radius 3 is 2.95 bits per heavy atom. The van der Waals surface area contributed by atoms with E-state index in [4.69, 9.17) is 9.47 Å². The second-order valence-electron chi connectivity index (χ2n) is 5.10. The first kappa shape index (κ1) is 13.0. The van der Waals surface area contributed by atoms with Gasteiger partial charge in [-0.25, -0.2) is 4.79 Å². The Balaban J connectivity index is 2.23. The van der Waals surface area contributed by atoms with Gasteiger partial charge in [0.25, 0.3) is 0 Å². The summed E-state index contributed by atoms with van der Waals surface area (Å²) in [5.74, 6) is 0.576. The van der Waals surface area contributed by atoms with E-state index in [-0.39, 0.29) is 5.97 Å². The highest BCUT2D eigenvalue weighted by molar-refractivity contribution is 6.06. The third-order valence-electron chi connectivity index (χ3n) is 3.58. The first-order valence-electron chi connectivity index (χ1n) is 6.71. The molecule has 0 N–H and O–H groups in total. The first-order chi connectivity index (χ1) is 9.61. The Bertz CT molecular complexity index is 675. The largest absolute Gasteiger partial charge is 0.478 e. The van der Waals surface area contributed by atoms with Gasteiger partial charge in [-0.05, 0) is 26.1 Å². The van der Waals surface area contributed by atoms with Crippen molar-refractivity contribution in [1.82, 2.24) is 9.47 Å². The van der Waals surface area contributed by atoms with E-state index in [1.807, 2.05) is 43.9 Å². The number of aryl methyl sites for hydroxylation is 1. The van der Waals surface area contributed by atoms with E-state index >= 15 is 0 Å². The second kappa shape index (κ2) is 4.83. The van der Waals surface area contributed by atoms with Gasteiger partial charge in [0.05, 0.1) is 12.2 Å². The van der Waals surface area contributed by atoms with E-state index in [1.165, 1.54) is 0 Å². The smallest absolute Gasteiger partial charge is 0.340 e. The van der Waals surface area contributed by atoms with Crippen LogP contribution in [-0.4, -0.2) is 35.8 Å². The number of esters is 1. The minimum Gasteiger partial charge on any atom is -0.478 e. The van der Waals surface area contributed by atoms with Gasteiger partial charge in [-0.15, -0.1) is 0 Å². The molecule has 5 heteroatoms. The summed E-state index contributed by atoms with van der Waals surface area (Å²) in [5.41, 5.74) is 2.69. The van der Waals surface area contributed by atoms with Crippen molar-refractivity contribution >= 4 is 16.9 Å². The number of fused-ring (bicyclic) bond motifs is 3. The number of carbonyl (C=O) groups excluding carboxylic acids is 1. The van der Waals surface area contributed by atoms with Crippen molar-refractivity contribution in [3.8, 4) is 5.75 Å². The van der Waals surface area contributed by atoms with Crippen LogP contribution >= 0.6 is 0 Å². The van der Waals surface area contributed by atoms with Gasteiger partial charge in [0.15, 0.2) is 0 Å². The van der Waals surface area contributed by atoms with Crippen molar-refractivity contribution in [3.05, 3.63) is 29.5 Å². The maximum atomic E-state index is 12.1. The van der Waals surface area contributed by atoms with Gasteiger partial charge < -0.3 is 14.0 Å². The summed E-state index contributed by atoms with van der Waals surface area (Å²) in [5, 5.41) is 0.940. The highest BCUT2D eigenvalue weighted by Gasteiger charge is 2.23. The third-order valence-corrected chi connectivity index (χ3v) is 3.58. The molecule has 0 saturated heterocycles. The number of hydrogen-bond acceptors (Lipinski definition) is 4. The normalized spacial score (nSPS) is 14.9. The molecule has 0 unspecified atom stereocenters. The number of hydrogen-bond donors (Lipinski definition) is 0. The molecule has 0 radical (unpaired) electrons. The Labute approximate surface area is 117 Å². The van der Waals surface area contributed by atoms with Gasteiger partial charge in [-0.2, -0.15) is 0 Å². The molecule has 0 aliphatic carbocycles. The van der Waals surface area contributed by atoms with Crippen molar-refractivity contribution in [2.75, 3.05) is 20.4 Å². The number of rotatable bonds is 2. The van der Waals surface area contributed by atoms with Crippen LogP contribution in [0.5, 0.6) is 5.75 Å². The number of ether oxygens (including phenoxy) is 2. The predicted molar refractivity (Wildman–Crippen MR) is 75.8 cm³/mol. The summed E-state index contributed by atoms with van der Waals surface area (Å²) in [4.78, 5) is 14.2.